The number of likely N-dealkylation sites (N-methyl/N-ethyl adjacent to an activating group) is 1. The topological polar surface area (TPSA) is 65.1 Å². The number of amides is 1. The number of hydrogen-bond acceptors (Lipinski definition) is 5. The summed E-state index contributed by atoms with van der Waals surface area (Å²) < 4.78 is 17.2. The van der Waals surface area contributed by atoms with Gasteiger partial charge in [-0.1, -0.05) is 19.1 Å². The van der Waals surface area contributed by atoms with E-state index in [1.54, 1.807) is 29.2 Å². The number of rotatable bonds is 8. The summed E-state index contributed by atoms with van der Waals surface area (Å²) in [5.41, 5.74) is 0.645. The smallest absolute Gasteiger partial charge is 0.260 e. The third-order valence-electron chi connectivity index (χ3n) is 4.59. The van der Waals surface area contributed by atoms with Gasteiger partial charge in [-0.2, -0.15) is 0 Å². The molecule has 0 spiro atoms. The lowest BCUT2D eigenvalue weighted by Gasteiger charge is -2.30. The predicted molar refractivity (Wildman–Crippen MR) is 105 cm³/mol. The zero-order valence-corrected chi connectivity index (χ0v) is 16.2. The van der Waals surface area contributed by atoms with Gasteiger partial charge in [0.25, 0.3) is 5.91 Å². The summed E-state index contributed by atoms with van der Waals surface area (Å²) in [6, 6.07) is 14.4. The lowest BCUT2D eigenvalue weighted by atomic mass is 10.1. The molecule has 0 aliphatic carbocycles. The minimum atomic E-state index is -0.224. The van der Waals surface area contributed by atoms with E-state index in [1.807, 2.05) is 38.1 Å². The van der Waals surface area contributed by atoms with E-state index in [-0.39, 0.29) is 24.4 Å². The van der Waals surface area contributed by atoms with Gasteiger partial charge in [-0.05, 0) is 43.3 Å². The van der Waals surface area contributed by atoms with E-state index in [2.05, 4.69) is 0 Å². The van der Waals surface area contributed by atoms with Gasteiger partial charge < -0.3 is 19.1 Å². The number of fused-ring (bicyclic) bond motifs is 1. The molecule has 0 aromatic heterocycles. The maximum absolute atomic E-state index is 12.5. The summed E-state index contributed by atoms with van der Waals surface area (Å²) in [4.78, 5) is 25.9. The van der Waals surface area contributed by atoms with Crippen molar-refractivity contribution in [1.82, 2.24) is 4.90 Å². The Morgan fingerprint density at radius 3 is 2.46 bits per heavy atom. The lowest BCUT2D eigenvalue weighted by molar-refractivity contribution is -0.134. The van der Waals surface area contributed by atoms with Crippen LogP contribution in [0.4, 0.5) is 0 Å². The number of ether oxygens (including phenoxy) is 3. The zero-order chi connectivity index (χ0) is 19.9. The van der Waals surface area contributed by atoms with Crippen molar-refractivity contribution in [1.29, 1.82) is 0 Å². The molecule has 1 aliphatic rings. The first kappa shape index (κ1) is 19.7. The third-order valence-corrected chi connectivity index (χ3v) is 4.59. The average molecular weight is 383 g/mol. The molecule has 1 heterocycles. The van der Waals surface area contributed by atoms with Crippen molar-refractivity contribution < 1.29 is 23.8 Å². The molecular weight excluding hydrogens is 358 g/mol. The van der Waals surface area contributed by atoms with Gasteiger partial charge in [0.05, 0.1) is 6.54 Å². The fourth-order valence-electron chi connectivity index (χ4n) is 2.98. The molecule has 6 heteroatoms. The SMILES string of the molecule is CCC(=O)c1ccc(OCC(=O)N(CC)C[C@@H]2COc3ccccc3O2)cc1. The first-order chi connectivity index (χ1) is 13.6. The van der Waals surface area contributed by atoms with Gasteiger partial charge in [-0.15, -0.1) is 0 Å². The Kier molecular flexibility index (Phi) is 6.53. The normalized spacial score (nSPS) is 15.0. The summed E-state index contributed by atoms with van der Waals surface area (Å²) in [5.74, 6) is 1.93. The second-order valence-corrected chi connectivity index (χ2v) is 6.52. The van der Waals surface area contributed by atoms with E-state index < -0.39 is 0 Å². The Bertz CT molecular complexity index is 818. The number of carbonyl (C=O) groups is 2. The van der Waals surface area contributed by atoms with E-state index in [0.29, 0.717) is 43.2 Å². The first-order valence-corrected chi connectivity index (χ1v) is 9.53. The largest absolute Gasteiger partial charge is 0.486 e. The third kappa shape index (κ3) is 4.82. The Morgan fingerprint density at radius 1 is 1.07 bits per heavy atom. The standard InChI is InChI=1S/C22H25NO5/c1-3-19(24)16-9-11-17(12-10-16)26-15-22(25)23(4-2)13-18-14-27-20-7-5-6-8-21(20)28-18/h5-12,18H,3-4,13-15H2,1-2H3/t18-/m1/s1. The zero-order valence-electron chi connectivity index (χ0n) is 16.2. The summed E-state index contributed by atoms with van der Waals surface area (Å²) >= 11 is 0. The van der Waals surface area contributed by atoms with Crippen molar-refractivity contribution in [2.45, 2.75) is 26.4 Å². The molecule has 1 amide bonds. The van der Waals surface area contributed by atoms with Crippen molar-refractivity contribution in [2.24, 2.45) is 0 Å². The number of ketones is 1. The van der Waals surface area contributed by atoms with Crippen LogP contribution in [0.2, 0.25) is 0 Å². The molecule has 148 valence electrons. The van der Waals surface area contributed by atoms with Crippen LogP contribution in [-0.2, 0) is 4.79 Å². The minimum absolute atomic E-state index is 0.0704. The molecule has 1 atom stereocenters. The van der Waals surface area contributed by atoms with Crippen LogP contribution in [0.25, 0.3) is 0 Å². The van der Waals surface area contributed by atoms with Crippen molar-refractivity contribution in [3.63, 3.8) is 0 Å². The Labute approximate surface area is 165 Å². The molecule has 0 unspecified atom stereocenters. The highest BCUT2D eigenvalue weighted by molar-refractivity contribution is 5.95. The molecule has 0 radical (unpaired) electrons. The number of carbonyl (C=O) groups excluding carboxylic acids is 2. The second-order valence-electron chi connectivity index (χ2n) is 6.52. The highest BCUT2D eigenvalue weighted by Crippen LogP contribution is 2.31. The summed E-state index contributed by atoms with van der Waals surface area (Å²) in [5, 5.41) is 0. The number of nitrogens with zero attached hydrogens (tertiary/aromatic N) is 1. The van der Waals surface area contributed by atoms with E-state index in [9.17, 15) is 9.59 Å². The van der Waals surface area contributed by atoms with Crippen LogP contribution in [0, 0.1) is 0 Å². The minimum Gasteiger partial charge on any atom is -0.486 e. The van der Waals surface area contributed by atoms with Crippen molar-refractivity contribution in [3.8, 4) is 17.2 Å². The van der Waals surface area contributed by atoms with Gasteiger partial charge in [0.2, 0.25) is 0 Å². The molecule has 28 heavy (non-hydrogen) atoms. The van der Waals surface area contributed by atoms with Crippen LogP contribution in [-0.4, -0.2) is 49.0 Å². The van der Waals surface area contributed by atoms with E-state index in [1.165, 1.54) is 0 Å². The molecule has 0 fully saturated rings. The quantitative estimate of drug-likeness (QED) is 0.654. The molecule has 3 rings (SSSR count). The van der Waals surface area contributed by atoms with Crippen molar-refractivity contribution >= 4 is 11.7 Å². The average Bonchev–Trinajstić information content (AvgIpc) is 2.75. The molecule has 6 nitrogen and oxygen atoms in total. The molecule has 2 aromatic rings. The predicted octanol–water partition coefficient (Wildman–Crippen LogP) is 3.35. The summed E-state index contributed by atoms with van der Waals surface area (Å²) in [6.07, 6.45) is 0.236. The van der Waals surface area contributed by atoms with E-state index in [0.717, 1.165) is 5.75 Å². The van der Waals surface area contributed by atoms with E-state index >= 15 is 0 Å². The van der Waals surface area contributed by atoms with Crippen LogP contribution in [0.15, 0.2) is 48.5 Å². The van der Waals surface area contributed by atoms with Gasteiger partial charge in [-0.3, -0.25) is 9.59 Å². The van der Waals surface area contributed by atoms with Crippen molar-refractivity contribution in [2.75, 3.05) is 26.3 Å². The number of Topliss-reactive ketones (excluding diaryl/α,β-unsaturated/α-hetero) is 1. The number of benzene rings is 2. The highest BCUT2D eigenvalue weighted by atomic mass is 16.6. The summed E-state index contributed by atoms with van der Waals surface area (Å²) in [6.45, 7) is 5.04. The highest BCUT2D eigenvalue weighted by Gasteiger charge is 2.25. The van der Waals surface area contributed by atoms with Gasteiger partial charge in [-0.25, -0.2) is 0 Å². The second kappa shape index (κ2) is 9.26. The molecule has 0 bridgehead atoms. The van der Waals surface area contributed by atoms with Crippen molar-refractivity contribution in [3.05, 3.63) is 54.1 Å². The maximum atomic E-state index is 12.5. The fourth-order valence-corrected chi connectivity index (χ4v) is 2.98. The Balaban J connectivity index is 1.52. The van der Waals surface area contributed by atoms with Gasteiger partial charge in [0.15, 0.2) is 30.0 Å². The molecule has 1 aliphatic heterocycles. The van der Waals surface area contributed by atoms with Crippen LogP contribution in [0.5, 0.6) is 17.2 Å². The maximum Gasteiger partial charge on any atom is 0.260 e. The Morgan fingerprint density at radius 2 is 1.79 bits per heavy atom. The molecule has 0 N–H and O–H groups in total. The molecular formula is C22H25NO5. The van der Waals surface area contributed by atoms with Crippen LogP contribution in [0.3, 0.4) is 0 Å². The Hall–Kier alpha value is -3.02. The van der Waals surface area contributed by atoms with Gasteiger partial charge in [0, 0.05) is 18.5 Å². The van der Waals surface area contributed by atoms with E-state index in [4.69, 9.17) is 14.2 Å². The number of para-hydroxylation sites is 2. The molecule has 0 saturated heterocycles. The lowest BCUT2D eigenvalue weighted by Crippen LogP contribution is -2.45. The first-order valence-electron chi connectivity index (χ1n) is 9.53. The fraction of sp³-hybridized carbons (Fsp3) is 0.364. The van der Waals surface area contributed by atoms with Crippen LogP contribution >= 0.6 is 0 Å². The number of hydrogen-bond donors (Lipinski definition) is 0. The summed E-state index contributed by atoms with van der Waals surface area (Å²) in [7, 11) is 0. The monoisotopic (exact) mass is 383 g/mol. The van der Waals surface area contributed by atoms with Crippen LogP contribution < -0.4 is 14.2 Å². The molecule has 0 saturated carbocycles. The van der Waals surface area contributed by atoms with Crippen LogP contribution in [0.1, 0.15) is 30.6 Å². The van der Waals surface area contributed by atoms with Gasteiger partial charge in [0.1, 0.15) is 12.4 Å². The van der Waals surface area contributed by atoms with Gasteiger partial charge >= 0.3 is 0 Å². The molecule has 2 aromatic carbocycles.